The molecule has 2 rings (SSSR count). The van der Waals surface area contributed by atoms with Crippen molar-refractivity contribution in [3.8, 4) is 0 Å². The van der Waals surface area contributed by atoms with Crippen molar-refractivity contribution in [3.63, 3.8) is 0 Å². The first-order valence-corrected chi connectivity index (χ1v) is 11.8. The van der Waals surface area contributed by atoms with Crippen LogP contribution in [0.5, 0.6) is 0 Å². The molecule has 0 aromatic carbocycles. The summed E-state index contributed by atoms with van der Waals surface area (Å²) in [6.07, 6.45) is 0. The summed E-state index contributed by atoms with van der Waals surface area (Å²) in [7, 11) is -0.328. The first-order valence-electron chi connectivity index (χ1n) is 8.71. The predicted octanol–water partition coefficient (Wildman–Crippen LogP) is 3.45. The molecule has 0 aliphatic carbocycles. The van der Waals surface area contributed by atoms with Gasteiger partial charge in [-0.05, 0) is 25.0 Å². The molecule has 0 fully saturated rings. The van der Waals surface area contributed by atoms with Gasteiger partial charge in [-0.2, -0.15) is 0 Å². The summed E-state index contributed by atoms with van der Waals surface area (Å²) < 4.78 is 25.9. The molecule has 0 aliphatic heterocycles. The molecule has 2 aromatic heterocycles. The second-order valence-corrected chi connectivity index (χ2v) is 10.9. The number of hydrogen-bond acceptors (Lipinski definition) is 6. The number of rotatable bonds is 8. The highest BCUT2D eigenvalue weighted by atomic mass is 127. The first-order chi connectivity index (χ1) is 12.7. The van der Waals surface area contributed by atoms with E-state index in [1.54, 1.807) is 17.4 Å². The highest BCUT2D eigenvalue weighted by Gasteiger charge is 2.19. The third kappa shape index (κ3) is 6.94. The van der Waals surface area contributed by atoms with Gasteiger partial charge in [0.15, 0.2) is 5.96 Å². The number of aliphatic imine (C=N–C) groups is 1. The van der Waals surface area contributed by atoms with Crippen molar-refractivity contribution in [2.75, 3.05) is 20.6 Å². The van der Waals surface area contributed by atoms with Crippen molar-refractivity contribution in [3.05, 3.63) is 33.1 Å². The number of thiophene rings is 1. The molecule has 11 heteroatoms. The lowest BCUT2D eigenvalue weighted by atomic mass is 10.2. The number of hydrogen-bond donors (Lipinski definition) is 2. The number of halogens is 1. The number of aromatic nitrogens is 1. The molecule has 0 radical (unpaired) electrons. The van der Waals surface area contributed by atoms with Gasteiger partial charge in [0, 0.05) is 30.9 Å². The van der Waals surface area contributed by atoms with Crippen LogP contribution in [-0.2, 0) is 23.1 Å². The molecule has 2 heterocycles. The van der Waals surface area contributed by atoms with E-state index in [2.05, 4.69) is 39.8 Å². The number of nitrogens with zero attached hydrogens (tertiary/aromatic N) is 3. The number of thiazole rings is 1. The van der Waals surface area contributed by atoms with E-state index in [9.17, 15) is 8.42 Å². The summed E-state index contributed by atoms with van der Waals surface area (Å²) in [6, 6.07) is 3.44. The van der Waals surface area contributed by atoms with E-state index in [0.29, 0.717) is 29.2 Å². The molecule has 0 saturated carbocycles. The van der Waals surface area contributed by atoms with Gasteiger partial charge in [0.05, 0.1) is 18.8 Å². The van der Waals surface area contributed by atoms with Gasteiger partial charge < -0.3 is 10.6 Å². The monoisotopic (exact) mass is 557 g/mol. The van der Waals surface area contributed by atoms with E-state index in [-0.39, 0.29) is 24.0 Å². The van der Waals surface area contributed by atoms with Crippen molar-refractivity contribution in [1.82, 2.24) is 19.9 Å². The first kappa shape index (κ1) is 25.3. The van der Waals surface area contributed by atoms with Crippen LogP contribution in [0.4, 0.5) is 0 Å². The molecule has 2 N–H and O–H groups in total. The van der Waals surface area contributed by atoms with Crippen LogP contribution in [0.25, 0.3) is 0 Å². The minimum absolute atomic E-state index is 0. The minimum Gasteiger partial charge on any atom is -0.357 e. The van der Waals surface area contributed by atoms with Crippen LogP contribution < -0.4 is 10.6 Å². The summed E-state index contributed by atoms with van der Waals surface area (Å²) in [4.78, 5) is 10.1. The highest BCUT2D eigenvalue weighted by Crippen LogP contribution is 2.24. The summed E-state index contributed by atoms with van der Waals surface area (Å²) in [5, 5.41) is 9.58. The molecule has 0 bridgehead atoms. The SMILES string of the molecule is CCNC(=NCc1ccc(S(=O)(=O)N(C)C)s1)NCc1nc(C(C)C)cs1.I. The zero-order valence-electron chi connectivity index (χ0n) is 16.7. The lowest BCUT2D eigenvalue weighted by Gasteiger charge is -2.10. The van der Waals surface area contributed by atoms with E-state index >= 15 is 0 Å². The largest absolute Gasteiger partial charge is 0.357 e. The molecular weight excluding hydrogens is 529 g/mol. The van der Waals surface area contributed by atoms with Crippen LogP contribution in [0.1, 0.15) is 42.3 Å². The molecule has 0 unspecified atom stereocenters. The van der Waals surface area contributed by atoms with Crippen molar-refractivity contribution < 1.29 is 8.42 Å². The fourth-order valence-corrected chi connectivity index (χ4v) is 5.44. The summed E-state index contributed by atoms with van der Waals surface area (Å²) in [5.41, 5.74) is 1.10. The second-order valence-electron chi connectivity index (χ2n) is 6.38. The van der Waals surface area contributed by atoms with E-state index in [1.807, 2.05) is 13.0 Å². The minimum atomic E-state index is -3.39. The van der Waals surface area contributed by atoms with E-state index < -0.39 is 10.0 Å². The Bertz CT molecular complexity index is 875. The van der Waals surface area contributed by atoms with Crippen LogP contribution >= 0.6 is 46.7 Å². The molecular formula is C17H28IN5O2S3. The van der Waals surface area contributed by atoms with Crippen LogP contribution in [0.15, 0.2) is 26.7 Å². The molecule has 0 amide bonds. The topological polar surface area (TPSA) is 86.7 Å². The molecule has 0 atom stereocenters. The van der Waals surface area contributed by atoms with Crippen molar-refractivity contribution in [2.45, 2.75) is 44.0 Å². The molecule has 158 valence electrons. The van der Waals surface area contributed by atoms with Gasteiger partial charge in [0.25, 0.3) is 10.0 Å². The highest BCUT2D eigenvalue weighted by molar-refractivity contribution is 14.0. The zero-order chi connectivity index (χ0) is 20.0. The maximum atomic E-state index is 12.2. The molecule has 7 nitrogen and oxygen atoms in total. The maximum absolute atomic E-state index is 12.2. The van der Waals surface area contributed by atoms with Gasteiger partial charge in [-0.1, -0.05) is 13.8 Å². The number of nitrogens with one attached hydrogen (secondary N) is 2. The summed E-state index contributed by atoms with van der Waals surface area (Å²) in [5.74, 6) is 1.10. The third-order valence-electron chi connectivity index (χ3n) is 3.68. The standard InChI is InChI=1S/C17H27N5O2S3.HI/c1-6-18-17(20-10-15-21-14(11-25-15)12(2)3)19-9-13-7-8-16(26-13)27(23,24)22(4)5;/h7-8,11-12H,6,9-10H2,1-5H3,(H2,18,19,20);1H. The normalized spacial score (nSPS) is 12.3. The Morgan fingerprint density at radius 2 is 2.00 bits per heavy atom. The fourth-order valence-electron chi connectivity index (χ4n) is 2.09. The second kappa shape index (κ2) is 11.4. The molecule has 0 saturated heterocycles. The maximum Gasteiger partial charge on any atom is 0.252 e. The number of guanidine groups is 1. The average molecular weight is 558 g/mol. The van der Waals surface area contributed by atoms with Gasteiger partial charge in [-0.3, -0.25) is 0 Å². The fraction of sp³-hybridized carbons (Fsp3) is 0.529. The van der Waals surface area contributed by atoms with E-state index in [1.165, 1.54) is 29.7 Å². The van der Waals surface area contributed by atoms with E-state index in [4.69, 9.17) is 0 Å². The summed E-state index contributed by atoms with van der Waals surface area (Å²) >= 11 is 2.88. The summed E-state index contributed by atoms with van der Waals surface area (Å²) in [6.45, 7) is 8.02. The van der Waals surface area contributed by atoms with Crippen molar-refractivity contribution >= 4 is 62.6 Å². The average Bonchev–Trinajstić information content (AvgIpc) is 3.27. The van der Waals surface area contributed by atoms with Gasteiger partial charge >= 0.3 is 0 Å². The van der Waals surface area contributed by atoms with Crippen molar-refractivity contribution in [2.24, 2.45) is 4.99 Å². The Kier molecular flexibility index (Phi) is 10.3. The smallest absolute Gasteiger partial charge is 0.252 e. The molecule has 2 aromatic rings. The van der Waals surface area contributed by atoms with Gasteiger partial charge in [0.1, 0.15) is 9.22 Å². The Labute approximate surface area is 192 Å². The number of sulfonamides is 1. The van der Waals surface area contributed by atoms with Gasteiger partial charge in [-0.15, -0.1) is 46.7 Å². The Balaban J connectivity index is 0.00000392. The lowest BCUT2D eigenvalue weighted by molar-refractivity contribution is 0.523. The van der Waals surface area contributed by atoms with Crippen molar-refractivity contribution in [1.29, 1.82) is 0 Å². The van der Waals surface area contributed by atoms with Gasteiger partial charge in [0.2, 0.25) is 0 Å². The van der Waals surface area contributed by atoms with Gasteiger partial charge in [-0.25, -0.2) is 22.7 Å². The lowest BCUT2D eigenvalue weighted by Crippen LogP contribution is -2.36. The Hall–Kier alpha value is -0.760. The zero-order valence-corrected chi connectivity index (χ0v) is 21.5. The quantitative estimate of drug-likeness (QED) is 0.295. The molecule has 28 heavy (non-hydrogen) atoms. The predicted molar refractivity (Wildman–Crippen MR) is 128 cm³/mol. The van der Waals surface area contributed by atoms with Crippen LogP contribution in [0.3, 0.4) is 0 Å². The molecule has 0 aliphatic rings. The Morgan fingerprint density at radius 3 is 2.57 bits per heavy atom. The van der Waals surface area contributed by atoms with Crippen LogP contribution in [-0.4, -0.2) is 44.3 Å². The van der Waals surface area contributed by atoms with Crippen LogP contribution in [0.2, 0.25) is 0 Å². The van der Waals surface area contributed by atoms with E-state index in [0.717, 1.165) is 22.1 Å². The third-order valence-corrected chi connectivity index (χ3v) is 7.90. The van der Waals surface area contributed by atoms with Crippen LogP contribution in [0, 0.1) is 0 Å². The Morgan fingerprint density at radius 1 is 1.29 bits per heavy atom. The molecule has 0 spiro atoms.